The van der Waals surface area contributed by atoms with Crippen LogP contribution in [0.4, 0.5) is 0 Å². The van der Waals surface area contributed by atoms with Crippen LogP contribution in [0.2, 0.25) is 0 Å². The second-order valence-electron chi connectivity index (χ2n) is 1.81. The van der Waals surface area contributed by atoms with Crippen molar-refractivity contribution in [2.45, 2.75) is 13.8 Å². The maximum atomic E-state index is 7.57. The van der Waals surface area contributed by atoms with Gasteiger partial charge in [0.1, 0.15) is 0 Å². The first kappa shape index (κ1) is 13.4. The Morgan fingerprint density at radius 1 is 1.00 bits per heavy atom. The average molecular weight is 164 g/mol. The highest BCUT2D eigenvalue weighted by Crippen LogP contribution is 1.62. The topological polar surface area (TPSA) is 64.5 Å². The molecule has 0 spiro atoms. The predicted octanol–water partition coefficient (Wildman–Crippen LogP) is -0.866. The van der Waals surface area contributed by atoms with Gasteiger partial charge in [0.05, 0.1) is 0 Å². The Hall–Kier alpha value is -0.160. The molecule has 0 radical (unpaired) electrons. The standard InChI is InChI=1S/C3H8N2.2C2H6O/c1-2-5-3-4-1;2*1-2-3/h4-5H,1-3H2;2*3H,2H2,1H3. The van der Waals surface area contributed by atoms with E-state index in [0.717, 1.165) is 19.8 Å². The van der Waals surface area contributed by atoms with Gasteiger partial charge in [-0.3, -0.25) is 0 Å². The van der Waals surface area contributed by atoms with Crippen LogP contribution < -0.4 is 10.6 Å². The number of rotatable bonds is 0. The molecule has 70 valence electrons. The van der Waals surface area contributed by atoms with E-state index in [9.17, 15) is 0 Å². The zero-order chi connectivity index (χ0) is 8.95. The van der Waals surface area contributed by atoms with E-state index in [1.807, 2.05) is 0 Å². The summed E-state index contributed by atoms with van der Waals surface area (Å²) in [5, 5.41) is 21.4. The van der Waals surface area contributed by atoms with Gasteiger partial charge in [0.15, 0.2) is 0 Å². The normalized spacial score (nSPS) is 14.2. The minimum absolute atomic E-state index is 0.250. The molecule has 4 N–H and O–H groups in total. The van der Waals surface area contributed by atoms with Crippen molar-refractivity contribution < 1.29 is 10.2 Å². The summed E-state index contributed by atoms with van der Waals surface area (Å²) < 4.78 is 0. The minimum Gasteiger partial charge on any atom is -0.397 e. The van der Waals surface area contributed by atoms with Crippen molar-refractivity contribution in [1.29, 1.82) is 0 Å². The van der Waals surface area contributed by atoms with Crippen LogP contribution in [0.5, 0.6) is 0 Å². The summed E-state index contributed by atoms with van der Waals surface area (Å²) >= 11 is 0. The first-order valence-corrected chi connectivity index (χ1v) is 3.96. The second kappa shape index (κ2) is 16.4. The highest BCUT2D eigenvalue weighted by molar-refractivity contribution is 4.55. The van der Waals surface area contributed by atoms with Gasteiger partial charge in [0, 0.05) is 33.0 Å². The number of nitrogens with one attached hydrogen (secondary N) is 2. The first-order valence-electron chi connectivity index (χ1n) is 3.96. The Morgan fingerprint density at radius 2 is 1.27 bits per heavy atom. The highest BCUT2D eigenvalue weighted by atomic mass is 16.3. The maximum Gasteiger partial charge on any atom is 0.0455 e. The van der Waals surface area contributed by atoms with Crippen LogP contribution in [0.3, 0.4) is 0 Å². The third-order valence-electron chi connectivity index (χ3n) is 0.729. The second-order valence-corrected chi connectivity index (χ2v) is 1.81. The Labute approximate surface area is 68.6 Å². The van der Waals surface area contributed by atoms with E-state index in [-0.39, 0.29) is 13.2 Å². The Balaban J connectivity index is 0. The quantitative estimate of drug-likeness (QED) is 0.376. The van der Waals surface area contributed by atoms with Crippen LogP contribution in [0.25, 0.3) is 0 Å². The lowest BCUT2D eigenvalue weighted by molar-refractivity contribution is 0.318. The Bertz CT molecular complexity index is 40.1. The summed E-state index contributed by atoms with van der Waals surface area (Å²) in [6.07, 6.45) is 0. The monoisotopic (exact) mass is 164 g/mol. The first-order chi connectivity index (χ1) is 5.33. The minimum atomic E-state index is 0.250. The van der Waals surface area contributed by atoms with Gasteiger partial charge < -0.3 is 20.8 Å². The molecule has 0 amide bonds. The molecule has 0 aromatic heterocycles. The van der Waals surface area contributed by atoms with Crippen LogP contribution in [0.1, 0.15) is 13.8 Å². The molecule has 0 saturated carbocycles. The van der Waals surface area contributed by atoms with Crippen molar-refractivity contribution in [3.8, 4) is 0 Å². The molecule has 1 fully saturated rings. The molecule has 1 aliphatic rings. The summed E-state index contributed by atoms with van der Waals surface area (Å²) in [6.45, 7) is 7.14. The summed E-state index contributed by atoms with van der Waals surface area (Å²) in [5.74, 6) is 0. The lowest BCUT2D eigenvalue weighted by Gasteiger charge is -1.77. The zero-order valence-electron chi connectivity index (χ0n) is 7.43. The summed E-state index contributed by atoms with van der Waals surface area (Å²) in [7, 11) is 0. The molecule has 1 heterocycles. The molecule has 0 unspecified atom stereocenters. The molecular formula is C7H20N2O2. The van der Waals surface area contributed by atoms with E-state index in [1.54, 1.807) is 13.8 Å². The zero-order valence-corrected chi connectivity index (χ0v) is 7.43. The molecule has 0 bridgehead atoms. The molecule has 4 heteroatoms. The summed E-state index contributed by atoms with van der Waals surface area (Å²) in [5.41, 5.74) is 0. The summed E-state index contributed by atoms with van der Waals surface area (Å²) in [4.78, 5) is 0. The maximum absolute atomic E-state index is 7.57. The van der Waals surface area contributed by atoms with Crippen molar-refractivity contribution in [1.82, 2.24) is 10.6 Å². The Morgan fingerprint density at radius 3 is 1.36 bits per heavy atom. The number of aliphatic hydroxyl groups excluding tert-OH is 2. The van der Waals surface area contributed by atoms with E-state index in [1.165, 1.54) is 0 Å². The third kappa shape index (κ3) is 25.8. The van der Waals surface area contributed by atoms with Gasteiger partial charge >= 0.3 is 0 Å². The van der Waals surface area contributed by atoms with Gasteiger partial charge in [-0.25, -0.2) is 0 Å². The van der Waals surface area contributed by atoms with E-state index in [2.05, 4.69) is 10.6 Å². The fraction of sp³-hybridized carbons (Fsp3) is 1.00. The van der Waals surface area contributed by atoms with Crippen molar-refractivity contribution in [3.05, 3.63) is 0 Å². The lowest BCUT2D eigenvalue weighted by atomic mass is 10.7. The average Bonchev–Trinajstić information content (AvgIpc) is 2.44. The molecule has 0 aliphatic carbocycles. The Kier molecular flexibility index (Phi) is 20.1. The van der Waals surface area contributed by atoms with Gasteiger partial charge in [0.25, 0.3) is 0 Å². The lowest BCUT2D eigenvalue weighted by Crippen LogP contribution is -2.11. The van der Waals surface area contributed by atoms with Crippen molar-refractivity contribution in [2.24, 2.45) is 0 Å². The fourth-order valence-corrected chi connectivity index (χ4v) is 0.442. The van der Waals surface area contributed by atoms with Crippen molar-refractivity contribution >= 4 is 0 Å². The van der Waals surface area contributed by atoms with Crippen LogP contribution in [0, 0.1) is 0 Å². The van der Waals surface area contributed by atoms with Gasteiger partial charge in [-0.2, -0.15) is 0 Å². The SMILES string of the molecule is C1CNCN1.CCO.CCO. The number of hydrogen-bond donors (Lipinski definition) is 4. The largest absolute Gasteiger partial charge is 0.397 e. The van der Waals surface area contributed by atoms with Crippen molar-refractivity contribution in [3.63, 3.8) is 0 Å². The van der Waals surface area contributed by atoms with E-state index in [0.29, 0.717) is 0 Å². The number of aliphatic hydroxyl groups is 2. The highest BCUT2D eigenvalue weighted by Gasteiger charge is 1.90. The molecule has 0 atom stereocenters. The molecule has 11 heavy (non-hydrogen) atoms. The molecule has 1 aliphatic heterocycles. The molecular weight excluding hydrogens is 144 g/mol. The van der Waals surface area contributed by atoms with Crippen LogP contribution in [-0.4, -0.2) is 43.2 Å². The summed E-state index contributed by atoms with van der Waals surface area (Å²) in [6, 6.07) is 0. The molecule has 0 aromatic carbocycles. The van der Waals surface area contributed by atoms with E-state index in [4.69, 9.17) is 10.2 Å². The number of hydrogen-bond acceptors (Lipinski definition) is 4. The molecule has 1 rings (SSSR count). The molecule has 4 nitrogen and oxygen atoms in total. The predicted molar refractivity (Wildman–Crippen MR) is 46.4 cm³/mol. The van der Waals surface area contributed by atoms with Crippen molar-refractivity contribution in [2.75, 3.05) is 33.0 Å². The van der Waals surface area contributed by atoms with Gasteiger partial charge in [-0.1, -0.05) is 0 Å². The van der Waals surface area contributed by atoms with Gasteiger partial charge in [0.2, 0.25) is 0 Å². The fourth-order valence-electron chi connectivity index (χ4n) is 0.442. The smallest absolute Gasteiger partial charge is 0.0455 e. The van der Waals surface area contributed by atoms with Crippen LogP contribution >= 0.6 is 0 Å². The van der Waals surface area contributed by atoms with Crippen LogP contribution in [0.15, 0.2) is 0 Å². The molecule has 1 saturated heterocycles. The van der Waals surface area contributed by atoms with Crippen LogP contribution in [-0.2, 0) is 0 Å². The van der Waals surface area contributed by atoms with Gasteiger partial charge in [-0.15, -0.1) is 0 Å². The third-order valence-corrected chi connectivity index (χ3v) is 0.729. The molecule has 0 aromatic rings. The van der Waals surface area contributed by atoms with Gasteiger partial charge in [-0.05, 0) is 13.8 Å². The van der Waals surface area contributed by atoms with E-state index < -0.39 is 0 Å². The van der Waals surface area contributed by atoms with E-state index >= 15 is 0 Å².